The summed E-state index contributed by atoms with van der Waals surface area (Å²) in [6, 6.07) is 0. The summed E-state index contributed by atoms with van der Waals surface area (Å²) in [4.78, 5) is 25.0. The maximum absolute atomic E-state index is 12.6. The van der Waals surface area contributed by atoms with Crippen LogP contribution in [0.15, 0.2) is 34.9 Å². The minimum atomic E-state index is -0.974. The van der Waals surface area contributed by atoms with Gasteiger partial charge in [0.2, 0.25) is 0 Å². The highest BCUT2D eigenvalue weighted by molar-refractivity contribution is 5.94. The van der Waals surface area contributed by atoms with Crippen LogP contribution in [0.5, 0.6) is 0 Å². The molecule has 1 atom stereocenters. The largest absolute Gasteiger partial charge is 0.448 e. The fourth-order valence-electron chi connectivity index (χ4n) is 3.08. The van der Waals surface area contributed by atoms with Gasteiger partial charge in [-0.25, -0.2) is 4.79 Å². The van der Waals surface area contributed by atoms with Gasteiger partial charge in [0.05, 0.1) is 0 Å². The van der Waals surface area contributed by atoms with E-state index in [1.54, 1.807) is 6.92 Å². The highest BCUT2D eigenvalue weighted by atomic mass is 16.6. The predicted molar refractivity (Wildman–Crippen MR) is 92.0 cm³/mol. The second kappa shape index (κ2) is 7.29. The molecule has 126 valence electrons. The molecule has 2 aliphatic rings. The lowest BCUT2D eigenvalue weighted by atomic mass is 9.90. The Kier molecular flexibility index (Phi) is 5.61. The molecule has 3 nitrogen and oxygen atoms in total. The maximum atomic E-state index is 12.6. The number of Topliss-reactive ketones (excluding diaryl/α,β-unsaturated/α-hetero) is 1. The third kappa shape index (κ3) is 4.43. The maximum Gasteiger partial charge on any atom is 0.334 e. The van der Waals surface area contributed by atoms with Gasteiger partial charge in [-0.3, -0.25) is 4.79 Å². The summed E-state index contributed by atoms with van der Waals surface area (Å²) in [5.74, 6) is 0.157. The number of rotatable bonds is 1. The van der Waals surface area contributed by atoms with Crippen LogP contribution in [0.2, 0.25) is 0 Å². The number of fused-ring (bicyclic) bond motifs is 3. The molecule has 2 aliphatic heterocycles. The molecule has 2 bridgehead atoms. The number of ketones is 1. The Morgan fingerprint density at radius 2 is 1.83 bits per heavy atom. The van der Waals surface area contributed by atoms with E-state index < -0.39 is 5.60 Å². The Hall–Kier alpha value is -1.64. The molecular weight excluding hydrogens is 288 g/mol. The van der Waals surface area contributed by atoms with Crippen molar-refractivity contribution in [2.45, 2.75) is 71.8 Å². The lowest BCUT2D eigenvalue weighted by molar-refractivity contribution is -0.162. The number of esters is 1. The summed E-state index contributed by atoms with van der Waals surface area (Å²) < 4.78 is 5.62. The topological polar surface area (TPSA) is 43.4 Å². The van der Waals surface area contributed by atoms with Crippen molar-refractivity contribution in [2.24, 2.45) is 5.92 Å². The molecule has 0 fully saturated rings. The minimum absolute atomic E-state index is 0.0283. The van der Waals surface area contributed by atoms with Gasteiger partial charge < -0.3 is 4.74 Å². The Balaban J connectivity index is 2.34. The molecule has 0 aromatic carbocycles. The number of carbonyl (C=O) groups is 2. The lowest BCUT2D eigenvalue weighted by Crippen LogP contribution is -2.39. The molecule has 2 rings (SSSR count). The number of carbonyl (C=O) groups excluding carboxylic acids is 2. The Morgan fingerprint density at radius 1 is 1.09 bits per heavy atom. The van der Waals surface area contributed by atoms with Crippen LogP contribution in [-0.4, -0.2) is 17.4 Å². The van der Waals surface area contributed by atoms with Crippen LogP contribution in [0.3, 0.4) is 0 Å². The van der Waals surface area contributed by atoms with E-state index in [0.29, 0.717) is 37.2 Å². The standard InChI is InChI=1S/C20H28O3/c1-14(2)16-9-7-15(3)8-12-18(21)20(4)13-5-6-17(11-10-16)19(22)23-20/h6-7,9,14H,5,8,10-13H2,1-4H3/b15-7-,16-9?/t20-/m1/s1. The van der Waals surface area contributed by atoms with Crippen LogP contribution in [0.25, 0.3) is 0 Å². The van der Waals surface area contributed by atoms with E-state index >= 15 is 0 Å². The summed E-state index contributed by atoms with van der Waals surface area (Å²) in [5.41, 5.74) is 2.26. The molecule has 0 unspecified atom stereocenters. The first-order valence-corrected chi connectivity index (χ1v) is 8.64. The lowest BCUT2D eigenvalue weighted by Gasteiger charge is -2.26. The Bertz CT molecular complexity index is 578. The van der Waals surface area contributed by atoms with E-state index in [1.807, 2.05) is 6.08 Å². The van der Waals surface area contributed by atoms with Gasteiger partial charge in [0, 0.05) is 12.0 Å². The van der Waals surface area contributed by atoms with Crippen LogP contribution in [0.1, 0.15) is 66.2 Å². The van der Waals surface area contributed by atoms with Gasteiger partial charge in [0.15, 0.2) is 11.4 Å². The zero-order valence-corrected chi connectivity index (χ0v) is 14.8. The first kappa shape index (κ1) is 17.7. The molecule has 2 heterocycles. The van der Waals surface area contributed by atoms with Crippen LogP contribution in [0, 0.1) is 5.92 Å². The molecule has 0 radical (unpaired) electrons. The van der Waals surface area contributed by atoms with Crippen molar-refractivity contribution in [1.29, 1.82) is 0 Å². The third-order valence-corrected chi connectivity index (χ3v) is 4.94. The smallest absolute Gasteiger partial charge is 0.334 e. The molecule has 0 spiro atoms. The second-order valence-electron chi connectivity index (χ2n) is 7.22. The van der Waals surface area contributed by atoms with E-state index in [4.69, 9.17) is 4.74 Å². The second-order valence-corrected chi connectivity index (χ2v) is 7.22. The van der Waals surface area contributed by atoms with E-state index in [1.165, 1.54) is 11.1 Å². The number of ether oxygens (including phenoxy) is 1. The average molecular weight is 316 g/mol. The van der Waals surface area contributed by atoms with Gasteiger partial charge >= 0.3 is 5.97 Å². The van der Waals surface area contributed by atoms with Crippen LogP contribution in [-0.2, 0) is 14.3 Å². The van der Waals surface area contributed by atoms with Gasteiger partial charge in [0.25, 0.3) is 0 Å². The van der Waals surface area contributed by atoms with Gasteiger partial charge in [-0.05, 0) is 51.9 Å². The van der Waals surface area contributed by atoms with Gasteiger partial charge in [-0.2, -0.15) is 0 Å². The summed E-state index contributed by atoms with van der Waals surface area (Å²) in [6.07, 6.45) is 10.2. The summed E-state index contributed by atoms with van der Waals surface area (Å²) in [7, 11) is 0. The Morgan fingerprint density at radius 3 is 2.52 bits per heavy atom. The summed E-state index contributed by atoms with van der Waals surface area (Å²) >= 11 is 0. The molecule has 0 saturated carbocycles. The van der Waals surface area contributed by atoms with Crippen LogP contribution in [0.4, 0.5) is 0 Å². The summed E-state index contributed by atoms with van der Waals surface area (Å²) in [6.45, 7) is 8.17. The van der Waals surface area contributed by atoms with Gasteiger partial charge in [-0.15, -0.1) is 0 Å². The molecule has 3 heteroatoms. The third-order valence-electron chi connectivity index (χ3n) is 4.94. The Labute approximate surface area is 139 Å². The zero-order chi connectivity index (χ0) is 17.0. The number of hydrogen-bond donors (Lipinski definition) is 0. The molecular formula is C20H28O3. The average Bonchev–Trinajstić information content (AvgIpc) is 2.62. The molecule has 0 N–H and O–H groups in total. The quantitative estimate of drug-likeness (QED) is 0.660. The van der Waals surface area contributed by atoms with Gasteiger partial charge in [0.1, 0.15) is 0 Å². The van der Waals surface area contributed by atoms with Crippen molar-refractivity contribution in [2.75, 3.05) is 0 Å². The molecule has 0 aromatic rings. The first-order valence-electron chi connectivity index (χ1n) is 8.64. The van der Waals surface area contributed by atoms with E-state index in [2.05, 4.69) is 32.9 Å². The van der Waals surface area contributed by atoms with Crippen molar-refractivity contribution in [3.63, 3.8) is 0 Å². The fraction of sp³-hybridized carbons (Fsp3) is 0.600. The monoisotopic (exact) mass is 316 g/mol. The van der Waals surface area contributed by atoms with Crippen molar-refractivity contribution in [3.8, 4) is 0 Å². The van der Waals surface area contributed by atoms with E-state index in [0.717, 1.165) is 12.8 Å². The van der Waals surface area contributed by atoms with E-state index in [9.17, 15) is 9.59 Å². The fourth-order valence-corrected chi connectivity index (χ4v) is 3.08. The molecule has 0 amide bonds. The molecule has 0 saturated heterocycles. The van der Waals surface area contributed by atoms with Crippen molar-refractivity contribution >= 4 is 11.8 Å². The van der Waals surface area contributed by atoms with Crippen molar-refractivity contribution in [1.82, 2.24) is 0 Å². The van der Waals surface area contributed by atoms with Crippen LogP contribution >= 0.6 is 0 Å². The highest BCUT2D eigenvalue weighted by Crippen LogP contribution is 2.30. The van der Waals surface area contributed by atoms with E-state index in [-0.39, 0.29) is 11.8 Å². The molecule has 0 aliphatic carbocycles. The van der Waals surface area contributed by atoms with Crippen molar-refractivity contribution < 1.29 is 14.3 Å². The minimum Gasteiger partial charge on any atom is -0.448 e. The summed E-state index contributed by atoms with van der Waals surface area (Å²) in [5, 5.41) is 0. The SMILES string of the molecule is C/C1=C/C=C(C(C)C)CCC2=CCC[C@@](C)(OC2=O)C(=O)CC1. The predicted octanol–water partition coefficient (Wildman–Crippen LogP) is 4.68. The van der Waals surface area contributed by atoms with Crippen molar-refractivity contribution in [3.05, 3.63) is 34.9 Å². The first-order chi connectivity index (χ1) is 10.8. The normalized spacial score (nSPS) is 29.3. The highest BCUT2D eigenvalue weighted by Gasteiger charge is 2.38. The molecule has 23 heavy (non-hydrogen) atoms. The number of hydrogen-bond acceptors (Lipinski definition) is 3. The van der Waals surface area contributed by atoms with Crippen LogP contribution < -0.4 is 0 Å². The van der Waals surface area contributed by atoms with Gasteiger partial charge in [-0.1, -0.05) is 43.2 Å². The zero-order valence-electron chi connectivity index (χ0n) is 14.8. The number of allylic oxidation sites excluding steroid dienone is 5. The molecule has 0 aromatic heterocycles.